The molecule has 4 aliphatic rings. The minimum atomic E-state index is -0.981. The summed E-state index contributed by atoms with van der Waals surface area (Å²) >= 11 is 0. The number of carboxylic acid groups (broad SMARTS) is 1. The number of anilines is 1. The van der Waals surface area contributed by atoms with Gasteiger partial charge in [-0.15, -0.1) is 0 Å². The van der Waals surface area contributed by atoms with E-state index >= 15 is 0 Å². The van der Waals surface area contributed by atoms with Gasteiger partial charge in [-0.3, -0.25) is 14.7 Å². The summed E-state index contributed by atoms with van der Waals surface area (Å²) in [4.78, 5) is 34.2. The van der Waals surface area contributed by atoms with Crippen molar-refractivity contribution < 1.29 is 33.3 Å². The molecule has 196 valence electrons. The predicted molar refractivity (Wildman–Crippen MR) is 130 cm³/mol. The van der Waals surface area contributed by atoms with E-state index in [9.17, 15) is 19.1 Å². The summed E-state index contributed by atoms with van der Waals surface area (Å²) in [7, 11) is 0. The van der Waals surface area contributed by atoms with Crippen molar-refractivity contribution in [2.24, 2.45) is 0 Å². The minimum absolute atomic E-state index is 0.0158. The molecule has 1 N–H and O–H groups in total. The number of rotatable bonds is 5. The number of hydrogen-bond donors (Lipinski definition) is 1. The van der Waals surface area contributed by atoms with Gasteiger partial charge in [0.1, 0.15) is 24.8 Å². The van der Waals surface area contributed by atoms with Gasteiger partial charge in [0.05, 0.1) is 24.1 Å². The highest BCUT2D eigenvalue weighted by Crippen LogP contribution is 2.45. The second kappa shape index (κ2) is 9.70. The van der Waals surface area contributed by atoms with Crippen molar-refractivity contribution in [2.75, 3.05) is 50.9 Å². The maximum Gasteiger partial charge on any atom is 0.407 e. The highest BCUT2D eigenvalue weighted by Gasteiger charge is 2.38. The number of piperidine rings is 1. The summed E-state index contributed by atoms with van der Waals surface area (Å²) in [6.07, 6.45) is 2.62. The molecule has 6 rings (SSSR count). The van der Waals surface area contributed by atoms with Crippen LogP contribution in [-0.2, 0) is 11.3 Å². The lowest BCUT2D eigenvalue weighted by Gasteiger charge is -2.42. The monoisotopic (exact) mass is 512 g/mol. The summed E-state index contributed by atoms with van der Waals surface area (Å²) in [6, 6.07) is 4.62. The highest BCUT2D eigenvalue weighted by molar-refractivity contribution is 5.99. The van der Waals surface area contributed by atoms with E-state index in [2.05, 4.69) is 9.88 Å². The number of benzene rings is 1. The Kier molecular flexibility index (Phi) is 6.23. The molecule has 0 bridgehead atoms. The van der Waals surface area contributed by atoms with Crippen LogP contribution in [0.1, 0.15) is 36.4 Å². The second-order valence-corrected chi connectivity index (χ2v) is 9.89. The third-order valence-electron chi connectivity index (χ3n) is 7.70. The molecule has 4 aliphatic heterocycles. The molecule has 0 saturated carbocycles. The van der Waals surface area contributed by atoms with Crippen LogP contribution in [0.25, 0.3) is 0 Å². The number of carbonyl (C=O) groups is 2. The standard InChI is InChI=1S/C26H29FN4O6/c27-19-1-2-20-25-24(19)16(3-8-30(25)23(32)15-37-20)13-29-6-4-18(5-7-29)31(26(33)34)14-17-11-21-22(12-28-17)36-10-9-35-21/h1-2,11-12,16,18H,3-10,13-15H2,(H,33,34). The normalized spacial score (nSPS) is 21.3. The van der Waals surface area contributed by atoms with Crippen molar-refractivity contribution in [1.29, 1.82) is 0 Å². The number of nitrogens with zero attached hydrogens (tertiary/aromatic N) is 4. The van der Waals surface area contributed by atoms with Crippen molar-refractivity contribution in [3.05, 3.63) is 41.5 Å². The van der Waals surface area contributed by atoms with E-state index < -0.39 is 6.09 Å². The second-order valence-electron chi connectivity index (χ2n) is 9.89. The zero-order valence-electron chi connectivity index (χ0n) is 20.4. The van der Waals surface area contributed by atoms with Crippen molar-refractivity contribution >= 4 is 17.7 Å². The average molecular weight is 513 g/mol. The molecule has 1 saturated heterocycles. The van der Waals surface area contributed by atoms with E-state index in [1.165, 1.54) is 11.0 Å². The fraction of sp³-hybridized carbons (Fsp3) is 0.500. The van der Waals surface area contributed by atoms with E-state index in [1.807, 2.05) is 0 Å². The Hall–Kier alpha value is -3.60. The fourth-order valence-corrected chi connectivity index (χ4v) is 5.87. The van der Waals surface area contributed by atoms with Crippen LogP contribution in [0, 0.1) is 5.82 Å². The van der Waals surface area contributed by atoms with Gasteiger partial charge in [0.2, 0.25) is 0 Å². The first kappa shape index (κ1) is 23.8. The van der Waals surface area contributed by atoms with Crippen molar-refractivity contribution in [3.8, 4) is 17.2 Å². The fourth-order valence-electron chi connectivity index (χ4n) is 5.87. The Morgan fingerprint density at radius 1 is 1.08 bits per heavy atom. The summed E-state index contributed by atoms with van der Waals surface area (Å²) in [5.74, 6) is 1.21. The molecule has 0 radical (unpaired) electrons. The van der Waals surface area contributed by atoms with E-state index in [1.54, 1.807) is 23.2 Å². The van der Waals surface area contributed by atoms with Crippen LogP contribution >= 0.6 is 0 Å². The molecule has 2 amide bonds. The number of pyridine rings is 1. The maximum atomic E-state index is 15.0. The van der Waals surface area contributed by atoms with Gasteiger partial charge in [0.15, 0.2) is 18.1 Å². The van der Waals surface area contributed by atoms with Crippen LogP contribution in [0.4, 0.5) is 14.9 Å². The molecule has 1 unspecified atom stereocenters. The van der Waals surface area contributed by atoms with Gasteiger partial charge in [-0.05, 0) is 31.4 Å². The molecule has 11 heteroatoms. The van der Waals surface area contributed by atoms with E-state index in [-0.39, 0.29) is 36.8 Å². The Balaban J connectivity index is 1.11. The Morgan fingerprint density at radius 2 is 1.86 bits per heavy atom. The molecule has 0 spiro atoms. The number of ether oxygens (including phenoxy) is 3. The van der Waals surface area contributed by atoms with Crippen LogP contribution in [0.15, 0.2) is 24.4 Å². The number of amides is 2. The Bertz CT molecular complexity index is 1220. The third-order valence-corrected chi connectivity index (χ3v) is 7.70. The quantitative estimate of drug-likeness (QED) is 0.652. The molecule has 37 heavy (non-hydrogen) atoms. The molecular weight excluding hydrogens is 483 g/mol. The van der Waals surface area contributed by atoms with Gasteiger partial charge in [-0.1, -0.05) is 0 Å². The zero-order chi connectivity index (χ0) is 25.5. The number of likely N-dealkylation sites (tertiary alicyclic amines) is 1. The topological polar surface area (TPSA) is 105 Å². The highest BCUT2D eigenvalue weighted by atomic mass is 19.1. The van der Waals surface area contributed by atoms with Gasteiger partial charge >= 0.3 is 6.09 Å². The van der Waals surface area contributed by atoms with Crippen LogP contribution in [0.2, 0.25) is 0 Å². The lowest BCUT2D eigenvalue weighted by molar-refractivity contribution is -0.121. The molecule has 0 aliphatic carbocycles. The molecule has 5 heterocycles. The zero-order valence-corrected chi connectivity index (χ0v) is 20.4. The number of fused-ring (bicyclic) bond motifs is 1. The van der Waals surface area contributed by atoms with Crippen LogP contribution < -0.4 is 19.1 Å². The largest absolute Gasteiger partial charge is 0.486 e. The molecule has 1 aromatic carbocycles. The summed E-state index contributed by atoms with van der Waals surface area (Å²) in [6.45, 7) is 3.68. The van der Waals surface area contributed by atoms with E-state index in [0.717, 1.165) is 0 Å². The molecule has 1 atom stereocenters. The Labute approximate surface area is 213 Å². The first-order valence-corrected chi connectivity index (χ1v) is 12.7. The smallest absolute Gasteiger partial charge is 0.407 e. The molecular formula is C26H29FN4O6. The minimum Gasteiger partial charge on any atom is -0.486 e. The lowest BCUT2D eigenvalue weighted by Crippen LogP contribution is -2.48. The number of hydrogen-bond acceptors (Lipinski definition) is 7. The van der Waals surface area contributed by atoms with E-state index in [4.69, 9.17) is 14.2 Å². The SMILES string of the molecule is O=C1COc2ccc(F)c3c2N1CCC3CN1CCC(N(Cc2cc3c(cn2)OCCO3)C(=O)O)CC1. The molecule has 2 aromatic rings. The number of halogens is 1. The first-order chi connectivity index (χ1) is 18.0. The van der Waals surface area contributed by atoms with E-state index in [0.29, 0.717) is 92.8 Å². The van der Waals surface area contributed by atoms with Crippen LogP contribution in [0.5, 0.6) is 17.2 Å². The van der Waals surface area contributed by atoms with Crippen molar-refractivity contribution in [1.82, 2.24) is 14.8 Å². The van der Waals surface area contributed by atoms with Gasteiger partial charge in [0, 0.05) is 49.8 Å². The molecule has 10 nitrogen and oxygen atoms in total. The summed E-state index contributed by atoms with van der Waals surface area (Å²) in [5.41, 5.74) is 1.74. The summed E-state index contributed by atoms with van der Waals surface area (Å²) < 4.78 is 31.7. The summed E-state index contributed by atoms with van der Waals surface area (Å²) in [5, 5.41) is 9.94. The predicted octanol–water partition coefficient (Wildman–Crippen LogP) is 2.85. The van der Waals surface area contributed by atoms with Gasteiger partial charge in [-0.25, -0.2) is 9.18 Å². The molecule has 1 aromatic heterocycles. The number of aromatic nitrogens is 1. The Morgan fingerprint density at radius 3 is 2.65 bits per heavy atom. The van der Waals surface area contributed by atoms with Gasteiger partial charge in [-0.2, -0.15) is 0 Å². The van der Waals surface area contributed by atoms with Crippen LogP contribution in [0.3, 0.4) is 0 Å². The first-order valence-electron chi connectivity index (χ1n) is 12.7. The van der Waals surface area contributed by atoms with Gasteiger partial charge < -0.3 is 29.1 Å². The lowest BCUT2D eigenvalue weighted by atomic mass is 9.87. The average Bonchev–Trinajstić information content (AvgIpc) is 2.91. The van der Waals surface area contributed by atoms with Crippen LogP contribution in [-0.4, -0.2) is 83.9 Å². The van der Waals surface area contributed by atoms with Crippen molar-refractivity contribution in [2.45, 2.75) is 37.8 Å². The van der Waals surface area contributed by atoms with Crippen molar-refractivity contribution in [3.63, 3.8) is 0 Å². The maximum absolute atomic E-state index is 15.0. The van der Waals surface area contributed by atoms with Gasteiger partial charge in [0.25, 0.3) is 5.91 Å². The third kappa shape index (κ3) is 4.52. The molecule has 1 fully saturated rings. The number of carbonyl (C=O) groups excluding carboxylic acids is 1.